The molecule has 5 heteroatoms. The fraction of sp³-hybridized carbons (Fsp3) is 0.263. The molecule has 5 nitrogen and oxygen atoms in total. The van der Waals surface area contributed by atoms with Gasteiger partial charge in [-0.25, -0.2) is 0 Å². The molecule has 122 valence electrons. The molecule has 2 aliphatic rings. The summed E-state index contributed by atoms with van der Waals surface area (Å²) in [6.45, 7) is 2.96. The summed E-state index contributed by atoms with van der Waals surface area (Å²) in [5, 5.41) is 2.79. The van der Waals surface area contributed by atoms with Gasteiger partial charge in [-0.1, -0.05) is 30.3 Å². The van der Waals surface area contributed by atoms with Crippen LogP contribution >= 0.6 is 0 Å². The second-order valence-corrected chi connectivity index (χ2v) is 6.18. The zero-order valence-corrected chi connectivity index (χ0v) is 13.4. The highest BCUT2D eigenvalue weighted by atomic mass is 16.5. The maximum absolute atomic E-state index is 13.0. The second kappa shape index (κ2) is 5.67. The van der Waals surface area contributed by atoms with Crippen molar-refractivity contribution in [3.05, 3.63) is 59.2 Å². The van der Waals surface area contributed by atoms with Gasteiger partial charge in [-0.3, -0.25) is 9.59 Å². The second-order valence-electron chi connectivity index (χ2n) is 6.18. The van der Waals surface area contributed by atoms with E-state index in [-0.39, 0.29) is 11.8 Å². The summed E-state index contributed by atoms with van der Waals surface area (Å²) in [6, 6.07) is 13.5. The van der Waals surface area contributed by atoms with Crippen LogP contribution in [0.2, 0.25) is 0 Å². The Hall–Kier alpha value is -2.82. The lowest BCUT2D eigenvalue weighted by Crippen LogP contribution is -2.38. The highest BCUT2D eigenvalue weighted by Gasteiger charge is 2.30. The number of amides is 2. The Kier molecular flexibility index (Phi) is 3.49. The molecule has 0 aromatic heterocycles. The van der Waals surface area contributed by atoms with E-state index in [1.54, 1.807) is 25.1 Å². The Balaban J connectivity index is 1.65. The van der Waals surface area contributed by atoms with Gasteiger partial charge in [0.1, 0.15) is 0 Å². The van der Waals surface area contributed by atoms with Crippen molar-refractivity contribution in [1.82, 2.24) is 4.90 Å². The lowest BCUT2D eigenvalue weighted by molar-refractivity contribution is -0.122. The third-order valence-electron chi connectivity index (χ3n) is 4.59. The number of benzene rings is 2. The van der Waals surface area contributed by atoms with Gasteiger partial charge in [-0.15, -0.1) is 0 Å². The first-order valence-electron chi connectivity index (χ1n) is 8.10. The van der Waals surface area contributed by atoms with Crippen molar-refractivity contribution >= 4 is 17.5 Å². The van der Waals surface area contributed by atoms with Crippen LogP contribution in [0.4, 0.5) is 5.69 Å². The topological polar surface area (TPSA) is 58.6 Å². The fourth-order valence-corrected chi connectivity index (χ4v) is 3.23. The van der Waals surface area contributed by atoms with E-state index in [0.29, 0.717) is 30.1 Å². The smallest absolute Gasteiger partial charge is 0.265 e. The molecule has 2 aliphatic heterocycles. The molecule has 2 aromatic carbocycles. The van der Waals surface area contributed by atoms with E-state index in [9.17, 15) is 9.59 Å². The normalized spacial score (nSPS) is 19.0. The Morgan fingerprint density at radius 1 is 1.17 bits per heavy atom. The van der Waals surface area contributed by atoms with Crippen LogP contribution in [0.25, 0.3) is 0 Å². The van der Waals surface area contributed by atoms with Gasteiger partial charge in [0.2, 0.25) is 0 Å². The maximum atomic E-state index is 13.0. The van der Waals surface area contributed by atoms with E-state index in [1.165, 1.54) is 11.1 Å². The van der Waals surface area contributed by atoms with E-state index >= 15 is 0 Å². The van der Waals surface area contributed by atoms with Crippen LogP contribution < -0.4 is 10.1 Å². The van der Waals surface area contributed by atoms with Crippen molar-refractivity contribution in [2.45, 2.75) is 26.0 Å². The zero-order valence-electron chi connectivity index (χ0n) is 13.4. The first kappa shape index (κ1) is 14.8. The molecule has 0 saturated heterocycles. The summed E-state index contributed by atoms with van der Waals surface area (Å²) in [4.78, 5) is 26.6. The van der Waals surface area contributed by atoms with Crippen molar-refractivity contribution in [2.75, 3.05) is 11.9 Å². The van der Waals surface area contributed by atoms with E-state index in [4.69, 9.17) is 4.74 Å². The number of nitrogens with zero attached hydrogens (tertiary/aromatic N) is 1. The summed E-state index contributed by atoms with van der Waals surface area (Å²) in [5.74, 6) is 0.206. The van der Waals surface area contributed by atoms with E-state index < -0.39 is 6.10 Å². The van der Waals surface area contributed by atoms with Gasteiger partial charge < -0.3 is 15.0 Å². The first-order valence-corrected chi connectivity index (χ1v) is 8.10. The van der Waals surface area contributed by atoms with Crippen LogP contribution in [0.3, 0.4) is 0 Å². The van der Waals surface area contributed by atoms with Gasteiger partial charge in [0, 0.05) is 13.1 Å². The quantitative estimate of drug-likeness (QED) is 0.878. The molecule has 0 aliphatic carbocycles. The van der Waals surface area contributed by atoms with Crippen LogP contribution in [0, 0.1) is 0 Å². The molecule has 1 unspecified atom stereocenters. The highest BCUT2D eigenvalue weighted by Crippen LogP contribution is 2.34. The first-order chi connectivity index (χ1) is 11.6. The van der Waals surface area contributed by atoms with Crippen LogP contribution in [0.15, 0.2) is 42.5 Å². The van der Waals surface area contributed by atoms with Gasteiger partial charge in [0.15, 0.2) is 11.9 Å². The van der Waals surface area contributed by atoms with Crippen molar-refractivity contribution in [2.24, 2.45) is 0 Å². The number of para-hydroxylation sites is 1. The summed E-state index contributed by atoms with van der Waals surface area (Å²) in [5.41, 5.74) is 3.54. The Labute approximate surface area is 140 Å². The van der Waals surface area contributed by atoms with E-state index in [0.717, 1.165) is 6.42 Å². The predicted octanol–water partition coefficient (Wildman–Crippen LogP) is 2.60. The summed E-state index contributed by atoms with van der Waals surface area (Å²) >= 11 is 0. The molecule has 1 N–H and O–H groups in total. The standard InChI is InChI=1S/C19H18N2O3/c1-12-18(22)20-16-8-4-7-15(17(16)24-12)19(23)21-10-9-13-5-2-3-6-14(13)11-21/h2-8,12H,9-11H2,1H3,(H,20,22). The summed E-state index contributed by atoms with van der Waals surface area (Å²) < 4.78 is 5.70. The Bertz CT molecular complexity index is 831. The minimum atomic E-state index is -0.603. The van der Waals surface area contributed by atoms with Crippen LogP contribution in [0.5, 0.6) is 5.75 Å². The molecular weight excluding hydrogens is 304 g/mol. The number of fused-ring (bicyclic) bond motifs is 2. The molecule has 2 aromatic rings. The number of carbonyl (C=O) groups is 2. The van der Waals surface area contributed by atoms with Crippen molar-refractivity contribution < 1.29 is 14.3 Å². The monoisotopic (exact) mass is 322 g/mol. The molecule has 1 atom stereocenters. The van der Waals surface area contributed by atoms with Gasteiger partial charge in [0.25, 0.3) is 11.8 Å². The molecule has 0 spiro atoms. The number of nitrogens with one attached hydrogen (secondary N) is 1. The fourth-order valence-electron chi connectivity index (χ4n) is 3.23. The SMILES string of the molecule is CC1Oc2c(cccc2C(=O)N2CCc3ccccc3C2)NC1=O. The van der Waals surface area contributed by atoms with E-state index in [1.807, 2.05) is 17.0 Å². The Morgan fingerprint density at radius 3 is 2.79 bits per heavy atom. The largest absolute Gasteiger partial charge is 0.478 e. The average molecular weight is 322 g/mol. The molecule has 24 heavy (non-hydrogen) atoms. The zero-order chi connectivity index (χ0) is 16.7. The lowest BCUT2D eigenvalue weighted by atomic mass is 9.99. The third kappa shape index (κ3) is 2.42. The number of hydrogen-bond donors (Lipinski definition) is 1. The van der Waals surface area contributed by atoms with Crippen molar-refractivity contribution in [3.8, 4) is 5.75 Å². The van der Waals surface area contributed by atoms with Crippen LogP contribution in [-0.4, -0.2) is 29.4 Å². The molecular formula is C19H18N2O3. The average Bonchev–Trinajstić information content (AvgIpc) is 2.61. The van der Waals surface area contributed by atoms with E-state index in [2.05, 4.69) is 17.4 Å². The van der Waals surface area contributed by atoms with Gasteiger partial charge in [0.05, 0.1) is 11.3 Å². The van der Waals surface area contributed by atoms with Crippen LogP contribution in [0.1, 0.15) is 28.4 Å². The number of rotatable bonds is 1. The number of anilines is 1. The minimum absolute atomic E-state index is 0.0651. The maximum Gasteiger partial charge on any atom is 0.265 e. The van der Waals surface area contributed by atoms with Gasteiger partial charge >= 0.3 is 0 Å². The number of ether oxygens (including phenoxy) is 1. The summed E-state index contributed by atoms with van der Waals surface area (Å²) in [7, 11) is 0. The highest BCUT2D eigenvalue weighted by molar-refractivity contribution is 6.04. The molecule has 0 fully saturated rings. The molecule has 0 radical (unpaired) electrons. The predicted molar refractivity (Wildman–Crippen MR) is 90.0 cm³/mol. The number of carbonyl (C=O) groups excluding carboxylic acids is 2. The molecule has 0 saturated carbocycles. The number of hydrogen-bond acceptors (Lipinski definition) is 3. The molecule has 2 amide bonds. The van der Waals surface area contributed by atoms with Crippen molar-refractivity contribution in [1.29, 1.82) is 0 Å². The summed E-state index contributed by atoms with van der Waals surface area (Å²) in [6.07, 6.45) is 0.249. The van der Waals surface area contributed by atoms with Crippen LogP contribution in [-0.2, 0) is 17.8 Å². The molecule has 0 bridgehead atoms. The molecule has 4 rings (SSSR count). The van der Waals surface area contributed by atoms with Crippen molar-refractivity contribution in [3.63, 3.8) is 0 Å². The Morgan fingerprint density at radius 2 is 1.96 bits per heavy atom. The minimum Gasteiger partial charge on any atom is -0.478 e. The van der Waals surface area contributed by atoms with Gasteiger partial charge in [-0.05, 0) is 36.6 Å². The van der Waals surface area contributed by atoms with Gasteiger partial charge in [-0.2, -0.15) is 0 Å². The third-order valence-corrected chi connectivity index (χ3v) is 4.59. The molecule has 2 heterocycles. The lowest BCUT2D eigenvalue weighted by Gasteiger charge is -2.31.